The number of amides is 1. The molecule has 0 saturated heterocycles. The van der Waals surface area contributed by atoms with Crippen LogP contribution in [0.15, 0.2) is 30.9 Å². The molecule has 122 valence electrons. The molecular formula is C17H22N4O2. The van der Waals surface area contributed by atoms with Crippen molar-refractivity contribution in [1.82, 2.24) is 20.1 Å². The second-order valence-electron chi connectivity index (χ2n) is 6.81. The van der Waals surface area contributed by atoms with Crippen molar-refractivity contribution in [2.24, 2.45) is 5.92 Å². The third-order valence-electron chi connectivity index (χ3n) is 4.99. The molecule has 2 aromatic rings. The van der Waals surface area contributed by atoms with Gasteiger partial charge in [0.25, 0.3) is 5.91 Å². The predicted molar refractivity (Wildman–Crippen MR) is 85.0 cm³/mol. The van der Waals surface area contributed by atoms with E-state index < -0.39 is 6.10 Å². The molecule has 1 amide bonds. The van der Waals surface area contributed by atoms with Crippen LogP contribution in [0.2, 0.25) is 0 Å². The summed E-state index contributed by atoms with van der Waals surface area (Å²) in [5.74, 6) is 0.796. The van der Waals surface area contributed by atoms with Gasteiger partial charge in [-0.3, -0.25) is 9.48 Å². The summed E-state index contributed by atoms with van der Waals surface area (Å²) in [6.45, 7) is 0.786. The summed E-state index contributed by atoms with van der Waals surface area (Å²) in [4.78, 5) is 15.6. The first kappa shape index (κ1) is 14.5. The number of hydrogen-bond acceptors (Lipinski definition) is 3. The Balaban J connectivity index is 1.38. The Kier molecular flexibility index (Phi) is 3.69. The normalized spacial score (nSPS) is 27.3. The van der Waals surface area contributed by atoms with Crippen LogP contribution in [0.1, 0.15) is 47.5 Å². The molecule has 3 atom stereocenters. The average molecular weight is 314 g/mol. The minimum atomic E-state index is -0.483. The van der Waals surface area contributed by atoms with Crippen molar-refractivity contribution in [1.29, 1.82) is 0 Å². The number of H-pyrrole nitrogens is 1. The highest BCUT2D eigenvalue weighted by Gasteiger charge is 2.35. The third kappa shape index (κ3) is 3.03. The van der Waals surface area contributed by atoms with Gasteiger partial charge in [0.2, 0.25) is 0 Å². The van der Waals surface area contributed by atoms with Crippen LogP contribution in [0.5, 0.6) is 0 Å². The zero-order chi connectivity index (χ0) is 15.8. The van der Waals surface area contributed by atoms with Crippen LogP contribution in [-0.4, -0.2) is 37.9 Å². The van der Waals surface area contributed by atoms with Gasteiger partial charge in [-0.2, -0.15) is 5.10 Å². The number of nitrogens with one attached hydrogen (secondary N) is 2. The molecule has 2 aliphatic carbocycles. The molecule has 2 aromatic heterocycles. The first-order valence-corrected chi connectivity index (χ1v) is 8.33. The summed E-state index contributed by atoms with van der Waals surface area (Å²) in [7, 11) is 0. The number of hydrogen-bond donors (Lipinski definition) is 3. The molecule has 2 saturated carbocycles. The van der Waals surface area contributed by atoms with Crippen LogP contribution in [-0.2, 0) is 6.54 Å². The fourth-order valence-electron chi connectivity index (χ4n) is 3.65. The topological polar surface area (TPSA) is 82.9 Å². The van der Waals surface area contributed by atoms with Gasteiger partial charge in [-0.1, -0.05) is 0 Å². The lowest BCUT2D eigenvalue weighted by molar-refractivity contribution is 0.0872. The van der Waals surface area contributed by atoms with Gasteiger partial charge in [0.1, 0.15) is 0 Å². The zero-order valence-corrected chi connectivity index (χ0v) is 13.0. The van der Waals surface area contributed by atoms with Crippen molar-refractivity contribution in [2.75, 3.05) is 0 Å². The second kappa shape index (κ2) is 5.85. The second-order valence-corrected chi connectivity index (χ2v) is 6.81. The third-order valence-corrected chi connectivity index (χ3v) is 4.99. The monoisotopic (exact) mass is 314 g/mol. The molecule has 2 fully saturated rings. The fraction of sp³-hybridized carbons (Fsp3) is 0.529. The summed E-state index contributed by atoms with van der Waals surface area (Å²) in [5, 5.41) is 17.5. The largest absolute Gasteiger partial charge is 0.391 e. The SMILES string of the molecule is O=C(N[C@@H]1CC(Cn2cccn2)C[C@H]1O)c1c[nH]cc1C1CC1. The van der Waals surface area contributed by atoms with E-state index >= 15 is 0 Å². The molecular weight excluding hydrogens is 292 g/mol. The molecule has 6 heteroatoms. The molecule has 2 heterocycles. The van der Waals surface area contributed by atoms with Crippen LogP contribution in [0.25, 0.3) is 0 Å². The van der Waals surface area contributed by atoms with E-state index in [4.69, 9.17) is 0 Å². The minimum absolute atomic E-state index is 0.0723. The number of carbonyl (C=O) groups is 1. The Labute approximate surface area is 134 Å². The Bertz CT molecular complexity index is 675. The summed E-state index contributed by atoms with van der Waals surface area (Å²) in [6.07, 6.45) is 10.7. The number of aromatic amines is 1. The lowest BCUT2D eigenvalue weighted by atomic mass is 10.1. The Morgan fingerprint density at radius 3 is 3.00 bits per heavy atom. The van der Waals surface area contributed by atoms with Crippen molar-refractivity contribution in [3.63, 3.8) is 0 Å². The maximum Gasteiger partial charge on any atom is 0.253 e. The average Bonchev–Trinajstić information content (AvgIpc) is 2.94. The zero-order valence-electron chi connectivity index (χ0n) is 13.0. The van der Waals surface area contributed by atoms with Crippen LogP contribution in [0, 0.1) is 5.92 Å². The number of nitrogens with zero attached hydrogens (tertiary/aromatic N) is 2. The first-order chi connectivity index (χ1) is 11.2. The van der Waals surface area contributed by atoms with E-state index in [1.165, 1.54) is 0 Å². The van der Waals surface area contributed by atoms with Crippen LogP contribution in [0.4, 0.5) is 0 Å². The van der Waals surface area contributed by atoms with Gasteiger partial charge >= 0.3 is 0 Å². The van der Waals surface area contributed by atoms with Crippen LogP contribution in [0.3, 0.4) is 0 Å². The van der Waals surface area contributed by atoms with E-state index in [1.807, 2.05) is 23.1 Å². The summed E-state index contributed by atoms with van der Waals surface area (Å²) in [6, 6.07) is 1.72. The fourth-order valence-corrected chi connectivity index (χ4v) is 3.65. The van der Waals surface area contributed by atoms with Crippen molar-refractivity contribution < 1.29 is 9.90 Å². The lowest BCUT2D eigenvalue weighted by Gasteiger charge is -2.16. The molecule has 0 aromatic carbocycles. The van der Waals surface area contributed by atoms with Crippen LogP contribution >= 0.6 is 0 Å². The molecule has 2 aliphatic rings. The molecule has 0 radical (unpaired) electrons. The molecule has 6 nitrogen and oxygen atoms in total. The number of carbonyl (C=O) groups excluding carboxylic acids is 1. The maximum absolute atomic E-state index is 12.5. The number of rotatable bonds is 5. The van der Waals surface area contributed by atoms with Crippen molar-refractivity contribution >= 4 is 5.91 Å². The van der Waals surface area contributed by atoms with E-state index in [2.05, 4.69) is 15.4 Å². The van der Waals surface area contributed by atoms with Gasteiger partial charge in [0.05, 0.1) is 17.7 Å². The van der Waals surface area contributed by atoms with E-state index in [-0.39, 0.29) is 11.9 Å². The minimum Gasteiger partial charge on any atom is -0.391 e. The maximum atomic E-state index is 12.5. The number of aliphatic hydroxyl groups excluding tert-OH is 1. The van der Waals surface area contributed by atoms with Crippen molar-refractivity contribution in [3.05, 3.63) is 42.0 Å². The lowest BCUT2D eigenvalue weighted by Crippen LogP contribution is -2.40. The Morgan fingerprint density at radius 2 is 2.26 bits per heavy atom. The van der Waals surface area contributed by atoms with Gasteiger partial charge < -0.3 is 15.4 Å². The smallest absolute Gasteiger partial charge is 0.253 e. The van der Waals surface area contributed by atoms with E-state index in [9.17, 15) is 9.90 Å². The standard InChI is InChI=1S/C17H22N4O2/c22-16-7-11(10-21-5-1-4-19-21)6-15(16)20-17(23)14-9-18-8-13(14)12-2-3-12/h1,4-5,8-9,11-12,15-16,18,22H,2-3,6-7,10H2,(H,20,23)/t11?,15-,16-/m1/s1. The molecule has 0 spiro atoms. The van der Waals surface area contributed by atoms with Gasteiger partial charge in [-0.25, -0.2) is 0 Å². The summed E-state index contributed by atoms with van der Waals surface area (Å²) in [5.41, 5.74) is 1.85. The molecule has 23 heavy (non-hydrogen) atoms. The Hall–Kier alpha value is -2.08. The van der Waals surface area contributed by atoms with Gasteiger partial charge in [0, 0.05) is 31.3 Å². The Morgan fingerprint density at radius 1 is 1.39 bits per heavy atom. The first-order valence-electron chi connectivity index (χ1n) is 8.33. The molecule has 4 rings (SSSR count). The van der Waals surface area contributed by atoms with E-state index in [0.29, 0.717) is 18.3 Å². The van der Waals surface area contributed by atoms with Crippen molar-refractivity contribution in [3.8, 4) is 0 Å². The molecule has 0 aliphatic heterocycles. The number of aromatic nitrogens is 3. The van der Waals surface area contributed by atoms with Crippen molar-refractivity contribution in [2.45, 2.75) is 50.3 Å². The molecule has 0 bridgehead atoms. The van der Waals surface area contributed by atoms with Gasteiger partial charge in [-0.15, -0.1) is 0 Å². The predicted octanol–water partition coefficient (Wildman–Crippen LogP) is 1.66. The van der Waals surface area contributed by atoms with Crippen LogP contribution < -0.4 is 5.32 Å². The quantitative estimate of drug-likeness (QED) is 0.785. The van der Waals surface area contributed by atoms with Gasteiger partial charge in [-0.05, 0) is 49.1 Å². The van der Waals surface area contributed by atoms with E-state index in [0.717, 1.165) is 36.9 Å². The molecule has 3 N–H and O–H groups in total. The number of aliphatic hydroxyl groups is 1. The summed E-state index contributed by atoms with van der Waals surface area (Å²) >= 11 is 0. The highest BCUT2D eigenvalue weighted by atomic mass is 16.3. The highest BCUT2D eigenvalue weighted by molar-refractivity contribution is 5.96. The van der Waals surface area contributed by atoms with E-state index in [1.54, 1.807) is 12.4 Å². The highest BCUT2D eigenvalue weighted by Crippen LogP contribution is 2.41. The summed E-state index contributed by atoms with van der Waals surface area (Å²) < 4.78 is 1.89. The van der Waals surface area contributed by atoms with Gasteiger partial charge in [0.15, 0.2) is 0 Å². The molecule has 1 unspecified atom stereocenters.